The first-order valence-corrected chi connectivity index (χ1v) is 7.81. The maximum absolute atomic E-state index is 10.2. The molecule has 0 amide bonds. The molecule has 1 heterocycles. The Balaban J connectivity index is 1.96. The molecule has 22 heavy (non-hydrogen) atoms. The normalized spacial score (nSPS) is 21.7. The van der Waals surface area contributed by atoms with Crippen LogP contribution in [0.4, 0.5) is 0 Å². The third kappa shape index (κ3) is 3.04. The lowest BCUT2D eigenvalue weighted by Gasteiger charge is -2.32. The van der Waals surface area contributed by atoms with Crippen LogP contribution in [0, 0.1) is 5.92 Å². The van der Waals surface area contributed by atoms with Gasteiger partial charge < -0.3 is 5.11 Å². The molecule has 1 aliphatic rings. The summed E-state index contributed by atoms with van der Waals surface area (Å²) in [7, 11) is 0. The van der Waals surface area contributed by atoms with Crippen LogP contribution in [0.5, 0.6) is 5.75 Å². The van der Waals surface area contributed by atoms with Crippen molar-refractivity contribution in [3.05, 3.63) is 65.7 Å². The zero-order valence-corrected chi connectivity index (χ0v) is 13.0. The first-order chi connectivity index (χ1) is 10.6. The number of nitrogens with zero attached hydrogens (tertiary/aromatic N) is 1. The summed E-state index contributed by atoms with van der Waals surface area (Å²) in [6.07, 6.45) is 0.846. The van der Waals surface area contributed by atoms with Gasteiger partial charge in [0.2, 0.25) is 0 Å². The molecule has 0 radical (unpaired) electrons. The predicted molar refractivity (Wildman–Crippen MR) is 90.2 cm³/mol. The van der Waals surface area contributed by atoms with E-state index in [1.54, 1.807) is 6.07 Å². The van der Waals surface area contributed by atoms with E-state index in [0.717, 1.165) is 23.3 Å². The maximum atomic E-state index is 10.2. The Kier molecular flexibility index (Phi) is 4.25. The number of hydrogen-bond donors (Lipinski definition) is 2. The molecule has 2 unspecified atom stereocenters. The van der Waals surface area contributed by atoms with Crippen LogP contribution in [0.15, 0.2) is 59.6 Å². The van der Waals surface area contributed by atoms with E-state index in [1.165, 1.54) is 0 Å². The number of rotatable bonds is 3. The van der Waals surface area contributed by atoms with Crippen LogP contribution in [0.1, 0.15) is 37.4 Å². The molecule has 2 atom stereocenters. The second-order valence-electron chi connectivity index (χ2n) is 6.11. The summed E-state index contributed by atoms with van der Waals surface area (Å²) < 4.78 is 0. The fraction of sp³-hybridized carbons (Fsp3) is 0.316. The van der Waals surface area contributed by atoms with Gasteiger partial charge in [0.15, 0.2) is 0 Å². The zero-order chi connectivity index (χ0) is 15.5. The Morgan fingerprint density at radius 2 is 1.73 bits per heavy atom. The van der Waals surface area contributed by atoms with Crippen LogP contribution in [0.25, 0.3) is 0 Å². The second kappa shape index (κ2) is 6.32. The summed E-state index contributed by atoms with van der Waals surface area (Å²) in [6, 6.07) is 17.9. The van der Waals surface area contributed by atoms with Gasteiger partial charge in [0.1, 0.15) is 11.9 Å². The molecule has 0 aliphatic carbocycles. The number of aliphatic imine (C=N–C) groups is 1. The van der Waals surface area contributed by atoms with Crippen LogP contribution < -0.4 is 5.32 Å². The summed E-state index contributed by atoms with van der Waals surface area (Å²) in [4.78, 5) is 4.88. The topological polar surface area (TPSA) is 44.6 Å². The summed E-state index contributed by atoms with van der Waals surface area (Å²) in [5, 5.41) is 13.7. The molecule has 114 valence electrons. The lowest BCUT2D eigenvalue weighted by Crippen LogP contribution is -2.41. The Hall–Kier alpha value is -2.13. The van der Waals surface area contributed by atoms with Gasteiger partial charge in [0.05, 0.1) is 0 Å². The molecule has 2 aromatic rings. The van der Waals surface area contributed by atoms with Gasteiger partial charge in [0, 0.05) is 23.7 Å². The van der Waals surface area contributed by atoms with E-state index in [9.17, 15) is 5.11 Å². The van der Waals surface area contributed by atoms with Crippen LogP contribution in [0.2, 0.25) is 0 Å². The average molecular weight is 294 g/mol. The van der Waals surface area contributed by atoms with Crippen molar-refractivity contribution in [2.24, 2.45) is 10.9 Å². The highest BCUT2D eigenvalue weighted by molar-refractivity contribution is 6.01. The van der Waals surface area contributed by atoms with E-state index in [-0.39, 0.29) is 12.2 Å². The lowest BCUT2D eigenvalue weighted by atomic mass is 9.93. The lowest BCUT2D eigenvalue weighted by molar-refractivity contribution is 0.345. The summed E-state index contributed by atoms with van der Waals surface area (Å²) in [5.74, 6) is 0.740. The van der Waals surface area contributed by atoms with Crippen molar-refractivity contribution in [3.8, 4) is 5.75 Å². The number of phenols is 1. The van der Waals surface area contributed by atoms with Crippen molar-refractivity contribution < 1.29 is 5.11 Å². The Labute approximate surface area is 131 Å². The minimum atomic E-state index is 0.0635. The van der Waals surface area contributed by atoms with E-state index in [1.807, 2.05) is 36.4 Å². The van der Waals surface area contributed by atoms with Crippen LogP contribution in [-0.4, -0.2) is 17.0 Å². The molecule has 2 N–H and O–H groups in total. The van der Waals surface area contributed by atoms with Gasteiger partial charge in [-0.3, -0.25) is 10.3 Å². The van der Waals surface area contributed by atoms with Gasteiger partial charge in [-0.05, 0) is 17.5 Å². The molecule has 0 bridgehead atoms. The number of para-hydroxylation sites is 1. The molecule has 3 nitrogen and oxygen atoms in total. The minimum Gasteiger partial charge on any atom is -0.508 e. The summed E-state index contributed by atoms with van der Waals surface area (Å²) in [5.41, 5.74) is 3.21. The third-order valence-electron chi connectivity index (χ3n) is 4.11. The van der Waals surface area contributed by atoms with Gasteiger partial charge in [0.25, 0.3) is 0 Å². The van der Waals surface area contributed by atoms with Crippen molar-refractivity contribution in [2.75, 3.05) is 0 Å². The Morgan fingerprint density at radius 3 is 2.41 bits per heavy atom. The Bertz CT molecular complexity index is 664. The first kappa shape index (κ1) is 14.8. The van der Waals surface area contributed by atoms with Crippen molar-refractivity contribution >= 4 is 5.71 Å². The smallest absolute Gasteiger partial charge is 0.120 e. The van der Waals surface area contributed by atoms with Crippen LogP contribution >= 0.6 is 0 Å². The van der Waals surface area contributed by atoms with E-state index in [4.69, 9.17) is 4.99 Å². The minimum absolute atomic E-state index is 0.0635. The number of nitrogens with one attached hydrogen (secondary N) is 1. The molecule has 0 spiro atoms. The zero-order valence-electron chi connectivity index (χ0n) is 13.0. The highest BCUT2D eigenvalue weighted by Gasteiger charge is 2.27. The number of hydrogen-bond acceptors (Lipinski definition) is 3. The molecule has 0 fully saturated rings. The van der Waals surface area contributed by atoms with Crippen molar-refractivity contribution in [3.63, 3.8) is 0 Å². The molecule has 3 rings (SSSR count). The maximum Gasteiger partial charge on any atom is 0.120 e. The molecule has 0 aromatic heterocycles. The third-order valence-corrected chi connectivity index (χ3v) is 4.11. The summed E-state index contributed by atoms with van der Waals surface area (Å²) in [6.45, 7) is 4.33. The standard InChI is InChI=1S/C19H22N2O/c1-13(2)19-20-16(14-8-4-3-5-9-14)12-17(21-19)15-10-6-7-11-18(15)22/h3-11,13,17,19,21-22H,12H2,1-2H3. The van der Waals surface area contributed by atoms with E-state index < -0.39 is 0 Å². The average Bonchev–Trinajstić information content (AvgIpc) is 2.55. The van der Waals surface area contributed by atoms with Crippen LogP contribution in [-0.2, 0) is 0 Å². The van der Waals surface area contributed by atoms with Gasteiger partial charge in [-0.2, -0.15) is 0 Å². The van der Waals surface area contributed by atoms with Crippen molar-refractivity contribution in [1.82, 2.24) is 5.32 Å². The quantitative estimate of drug-likeness (QED) is 0.901. The molecule has 0 saturated carbocycles. The SMILES string of the molecule is CC(C)C1N=C(c2ccccc2)CC(c2ccccc2O)N1. The highest BCUT2D eigenvalue weighted by atomic mass is 16.3. The highest BCUT2D eigenvalue weighted by Crippen LogP contribution is 2.31. The molecule has 1 aliphatic heterocycles. The number of benzene rings is 2. The number of aromatic hydroxyl groups is 1. The fourth-order valence-electron chi connectivity index (χ4n) is 2.86. The Morgan fingerprint density at radius 1 is 1.05 bits per heavy atom. The molecular weight excluding hydrogens is 272 g/mol. The molecular formula is C19H22N2O. The van der Waals surface area contributed by atoms with Gasteiger partial charge in [-0.1, -0.05) is 62.4 Å². The molecule has 0 saturated heterocycles. The largest absolute Gasteiger partial charge is 0.508 e. The van der Waals surface area contributed by atoms with Crippen LogP contribution in [0.3, 0.4) is 0 Å². The predicted octanol–water partition coefficient (Wildman–Crippen LogP) is 3.90. The van der Waals surface area contributed by atoms with E-state index >= 15 is 0 Å². The second-order valence-corrected chi connectivity index (χ2v) is 6.11. The van der Waals surface area contributed by atoms with Gasteiger partial charge >= 0.3 is 0 Å². The summed E-state index contributed by atoms with van der Waals surface area (Å²) >= 11 is 0. The fourth-order valence-corrected chi connectivity index (χ4v) is 2.86. The van der Waals surface area contributed by atoms with Crippen molar-refractivity contribution in [2.45, 2.75) is 32.5 Å². The van der Waals surface area contributed by atoms with Gasteiger partial charge in [-0.15, -0.1) is 0 Å². The monoisotopic (exact) mass is 294 g/mol. The molecule has 3 heteroatoms. The first-order valence-electron chi connectivity index (χ1n) is 7.81. The van der Waals surface area contributed by atoms with Gasteiger partial charge in [-0.25, -0.2) is 0 Å². The van der Waals surface area contributed by atoms with E-state index in [2.05, 4.69) is 31.3 Å². The van der Waals surface area contributed by atoms with E-state index in [0.29, 0.717) is 11.7 Å². The van der Waals surface area contributed by atoms with Crippen molar-refractivity contribution in [1.29, 1.82) is 0 Å². The number of phenolic OH excluding ortho intramolecular Hbond substituents is 1. The molecule has 2 aromatic carbocycles.